The molecular weight excluding hydrogens is 706 g/mol. The molecule has 3 N–H and O–H groups in total. The Morgan fingerprint density at radius 2 is 0.745 bits per heavy atom. The minimum Gasteiger partial charge on any atom is -0.376 e. The summed E-state index contributed by atoms with van der Waals surface area (Å²) in [7, 11) is 0. The number of amides is 2. The molecule has 2 saturated heterocycles. The fourth-order valence-electron chi connectivity index (χ4n) is 8.14. The summed E-state index contributed by atoms with van der Waals surface area (Å²) < 4.78 is 0. The van der Waals surface area contributed by atoms with E-state index in [1.165, 1.54) is 167 Å². The molecule has 0 aromatic carbocycles. The molecule has 0 aromatic heterocycles. The van der Waals surface area contributed by atoms with E-state index in [4.69, 9.17) is 11.6 Å². The lowest BCUT2D eigenvalue weighted by atomic mass is 10.0. The van der Waals surface area contributed by atoms with Crippen LogP contribution in [0.3, 0.4) is 0 Å². The zero-order valence-electron chi connectivity index (χ0n) is 36.3. The molecule has 2 aliphatic rings. The van der Waals surface area contributed by atoms with Crippen molar-refractivity contribution < 1.29 is 14.7 Å². The number of aliphatic hydroxyl groups excluding tert-OH is 1. The standard InChI is InChI=1S/C46H90ClN5O3/c1-3-5-7-9-11-13-15-17-19-21-23-25-27-29-31-33-43(54)48-39-45(50-35-36-50)52(41-42(47)53)46(51-37-38-51)40-49-44(55)34-32-30-28-26-24-22-20-18-16-14-12-10-8-6-4-2/h42,45-46,53H,3-41H2,1-2H3,(H,48,54)(H,49,55). The molecule has 324 valence electrons. The first kappa shape index (κ1) is 50.2. The van der Waals surface area contributed by atoms with E-state index in [1.807, 2.05) is 0 Å². The van der Waals surface area contributed by atoms with Crippen molar-refractivity contribution in [2.24, 2.45) is 0 Å². The number of nitrogens with one attached hydrogen (secondary N) is 2. The van der Waals surface area contributed by atoms with Crippen molar-refractivity contribution in [3.63, 3.8) is 0 Å². The summed E-state index contributed by atoms with van der Waals surface area (Å²) in [5.41, 5.74) is -1.02. The Balaban J connectivity index is 1.57. The highest BCUT2D eigenvalue weighted by molar-refractivity contribution is 6.19. The first-order valence-corrected chi connectivity index (χ1v) is 24.5. The van der Waals surface area contributed by atoms with Crippen LogP contribution in [0, 0.1) is 0 Å². The zero-order chi connectivity index (χ0) is 39.6. The van der Waals surface area contributed by atoms with Crippen molar-refractivity contribution in [2.45, 2.75) is 237 Å². The number of nitrogens with zero attached hydrogens (tertiary/aromatic N) is 3. The Hall–Kier alpha value is -0.930. The predicted molar refractivity (Wildman–Crippen MR) is 234 cm³/mol. The first-order chi connectivity index (χ1) is 27.0. The van der Waals surface area contributed by atoms with Crippen molar-refractivity contribution in [3.05, 3.63) is 0 Å². The third-order valence-electron chi connectivity index (χ3n) is 11.9. The highest BCUT2D eigenvalue weighted by atomic mass is 35.5. The quantitative estimate of drug-likeness (QED) is 0.0324. The second-order valence-electron chi connectivity index (χ2n) is 17.2. The van der Waals surface area contributed by atoms with E-state index in [2.05, 4.69) is 39.2 Å². The lowest BCUT2D eigenvalue weighted by Gasteiger charge is -2.40. The van der Waals surface area contributed by atoms with Crippen molar-refractivity contribution in [2.75, 3.05) is 45.8 Å². The topological polar surface area (TPSA) is 87.7 Å². The van der Waals surface area contributed by atoms with Gasteiger partial charge in [-0.2, -0.15) is 0 Å². The van der Waals surface area contributed by atoms with Crippen LogP contribution in [0.25, 0.3) is 0 Å². The predicted octanol–water partition coefficient (Wildman–Crippen LogP) is 10.9. The Labute approximate surface area is 345 Å². The molecule has 2 fully saturated rings. The van der Waals surface area contributed by atoms with Gasteiger partial charge in [-0.15, -0.1) is 0 Å². The SMILES string of the molecule is CCCCCCCCCCCCCCCCCC(=O)NCC(N1CC1)N(CC(O)Cl)C(CNC(=O)CCCCCCCCCCCCCCCCC)N1CC1. The number of carbonyl (C=O) groups is 2. The van der Waals surface area contributed by atoms with Crippen molar-refractivity contribution in [1.82, 2.24) is 25.3 Å². The molecule has 0 spiro atoms. The molecule has 8 nitrogen and oxygen atoms in total. The number of carbonyl (C=O) groups excluding carboxylic acids is 2. The number of rotatable bonds is 42. The molecule has 0 radical (unpaired) electrons. The van der Waals surface area contributed by atoms with Crippen LogP contribution in [-0.4, -0.2) is 95.3 Å². The maximum absolute atomic E-state index is 12.9. The minimum absolute atomic E-state index is 0.0588. The summed E-state index contributed by atoms with van der Waals surface area (Å²) >= 11 is 6.19. The number of alkyl halides is 1. The van der Waals surface area contributed by atoms with Crippen LogP contribution < -0.4 is 10.6 Å². The lowest BCUT2D eigenvalue weighted by molar-refractivity contribution is -0.122. The van der Waals surface area contributed by atoms with E-state index in [1.54, 1.807) is 0 Å². The molecule has 2 heterocycles. The van der Waals surface area contributed by atoms with Crippen LogP contribution in [0.5, 0.6) is 0 Å². The van der Waals surface area contributed by atoms with E-state index in [0.29, 0.717) is 25.9 Å². The Morgan fingerprint density at radius 3 is 0.982 bits per heavy atom. The van der Waals surface area contributed by atoms with Gasteiger partial charge in [0.2, 0.25) is 11.8 Å². The van der Waals surface area contributed by atoms with E-state index < -0.39 is 5.56 Å². The van der Waals surface area contributed by atoms with Gasteiger partial charge in [-0.05, 0) is 12.8 Å². The number of aliphatic hydroxyl groups is 1. The number of halogens is 1. The van der Waals surface area contributed by atoms with E-state index in [9.17, 15) is 14.7 Å². The second-order valence-corrected chi connectivity index (χ2v) is 17.7. The average molecular weight is 797 g/mol. The van der Waals surface area contributed by atoms with Gasteiger partial charge in [0.05, 0.1) is 12.3 Å². The summed E-state index contributed by atoms with van der Waals surface area (Å²) in [5.74, 6) is 0.209. The second kappa shape index (κ2) is 35.1. The van der Waals surface area contributed by atoms with Crippen molar-refractivity contribution >= 4 is 23.4 Å². The van der Waals surface area contributed by atoms with Crippen LogP contribution in [0.4, 0.5) is 0 Å². The van der Waals surface area contributed by atoms with Gasteiger partial charge in [-0.25, -0.2) is 0 Å². The van der Waals surface area contributed by atoms with Gasteiger partial charge in [0, 0.05) is 58.7 Å². The molecule has 0 saturated carbocycles. The molecule has 0 aromatic rings. The van der Waals surface area contributed by atoms with Crippen molar-refractivity contribution in [3.8, 4) is 0 Å². The van der Waals surface area contributed by atoms with Crippen molar-refractivity contribution in [1.29, 1.82) is 0 Å². The number of hydrogen-bond donors (Lipinski definition) is 3. The van der Waals surface area contributed by atoms with Gasteiger partial charge < -0.3 is 15.7 Å². The van der Waals surface area contributed by atoms with Gasteiger partial charge in [-0.1, -0.05) is 205 Å². The Bertz CT molecular complexity index is 837. The fourth-order valence-corrected chi connectivity index (χ4v) is 8.30. The zero-order valence-corrected chi connectivity index (χ0v) is 37.0. The van der Waals surface area contributed by atoms with Crippen LogP contribution >= 0.6 is 11.6 Å². The third kappa shape index (κ3) is 29.0. The van der Waals surface area contributed by atoms with Crippen LogP contribution in [-0.2, 0) is 9.59 Å². The van der Waals surface area contributed by atoms with Gasteiger partial charge in [0.15, 0.2) is 0 Å². The fraction of sp³-hybridized carbons (Fsp3) is 0.957. The summed E-state index contributed by atoms with van der Waals surface area (Å²) in [5, 5.41) is 16.7. The minimum atomic E-state index is -1.02. The van der Waals surface area contributed by atoms with Crippen LogP contribution in [0.1, 0.15) is 219 Å². The monoisotopic (exact) mass is 796 g/mol. The molecule has 2 aliphatic heterocycles. The van der Waals surface area contributed by atoms with Crippen LogP contribution in [0.2, 0.25) is 0 Å². The largest absolute Gasteiger partial charge is 0.376 e. The van der Waals surface area contributed by atoms with Gasteiger partial charge in [0.25, 0.3) is 0 Å². The first-order valence-electron chi connectivity index (χ1n) is 24.1. The molecule has 55 heavy (non-hydrogen) atoms. The summed E-state index contributed by atoms with van der Waals surface area (Å²) in [4.78, 5) is 32.6. The maximum Gasteiger partial charge on any atom is 0.220 e. The molecule has 2 rings (SSSR count). The Morgan fingerprint density at radius 1 is 0.491 bits per heavy atom. The molecule has 3 atom stereocenters. The van der Waals surface area contributed by atoms with E-state index >= 15 is 0 Å². The molecule has 0 bridgehead atoms. The van der Waals surface area contributed by atoms with E-state index in [-0.39, 0.29) is 30.7 Å². The highest BCUT2D eigenvalue weighted by Gasteiger charge is 2.41. The normalized spacial score (nSPS) is 16.0. The molecule has 9 heteroatoms. The molecule has 2 amide bonds. The highest BCUT2D eigenvalue weighted by Crippen LogP contribution is 2.24. The maximum atomic E-state index is 12.9. The number of unbranched alkanes of at least 4 members (excludes halogenated alkanes) is 28. The van der Waals surface area contributed by atoms with Crippen LogP contribution in [0.15, 0.2) is 0 Å². The Kier molecular flexibility index (Phi) is 32.0. The third-order valence-corrected chi connectivity index (χ3v) is 12.1. The molecule has 0 aliphatic carbocycles. The summed E-state index contributed by atoms with van der Waals surface area (Å²) in [6, 6.07) is 0. The van der Waals surface area contributed by atoms with Gasteiger partial charge in [-0.3, -0.25) is 24.3 Å². The summed E-state index contributed by atoms with van der Waals surface area (Å²) in [6.45, 7) is 9.70. The van der Waals surface area contributed by atoms with E-state index in [0.717, 1.165) is 51.9 Å². The smallest absolute Gasteiger partial charge is 0.220 e. The van der Waals surface area contributed by atoms with Gasteiger partial charge in [0.1, 0.15) is 5.56 Å². The molecular formula is C46H90ClN5O3. The molecule has 3 unspecified atom stereocenters. The summed E-state index contributed by atoms with van der Waals surface area (Å²) in [6.07, 6.45) is 40.5. The number of hydrogen-bond acceptors (Lipinski definition) is 6. The average Bonchev–Trinajstić information content (AvgIpc) is 4.11. The lowest BCUT2D eigenvalue weighted by Crippen LogP contribution is -2.59. The van der Waals surface area contributed by atoms with Gasteiger partial charge >= 0.3 is 0 Å².